The molecule has 1 aromatic rings. The summed E-state index contributed by atoms with van der Waals surface area (Å²) in [6.07, 6.45) is 4.43. The molecule has 0 bridgehead atoms. The zero-order valence-electron chi connectivity index (χ0n) is 14.0. The zero-order valence-corrected chi connectivity index (χ0v) is 14.0. The molecule has 7 nitrogen and oxygen atoms in total. The highest BCUT2D eigenvalue weighted by Gasteiger charge is 2.36. The van der Waals surface area contributed by atoms with Crippen LogP contribution in [0.15, 0.2) is 12.1 Å². The summed E-state index contributed by atoms with van der Waals surface area (Å²) >= 11 is 0. The van der Waals surface area contributed by atoms with Crippen LogP contribution in [0.5, 0.6) is 0 Å². The minimum Gasteiger partial charge on any atom is -0.480 e. The molecule has 3 rings (SSSR count). The Hall–Kier alpha value is -1.86. The summed E-state index contributed by atoms with van der Waals surface area (Å²) in [6.45, 7) is 1.73. The van der Waals surface area contributed by atoms with Crippen LogP contribution in [0.3, 0.4) is 0 Å². The third kappa shape index (κ3) is 4.36. The van der Waals surface area contributed by atoms with Crippen molar-refractivity contribution in [3.05, 3.63) is 23.5 Å². The van der Waals surface area contributed by atoms with Crippen LogP contribution < -0.4 is 5.32 Å². The van der Waals surface area contributed by atoms with Gasteiger partial charge in [0.05, 0.1) is 13.7 Å². The van der Waals surface area contributed by atoms with Crippen molar-refractivity contribution in [3.8, 4) is 0 Å². The van der Waals surface area contributed by atoms with Gasteiger partial charge in [-0.05, 0) is 43.7 Å². The molecule has 3 N–H and O–H groups in total. The van der Waals surface area contributed by atoms with Crippen molar-refractivity contribution in [2.24, 2.45) is 5.92 Å². The third-order valence-electron chi connectivity index (χ3n) is 4.89. The van der Waals surface area contributed by atoms with Gasteiger partial charge in [0.15, 0.2) is 0 Å². The summed E-state index contributed by atoms with van der Waals surface area (Å²) in [4.78, 5) is 27.6. The van der Waals surface area contributed by atoms with E-state index in [9.17, 15) is 9.59 Å². The van der Waals surface area contributed by atoms with E-state index >= 15 is 0 Å². The standard InChI is InChI=1S/C17H25N3O4/c1-24-17(23)15-5-4-12(19-15)8-18-13-6-14(7-13)20(10-16(21)22)9-11-2-3-11/h4-5,11,13-14,18-19H,2-3,6-10H2,1H3,(H,21,22). The minimum absolute atomic E-state index is 0.146. The lowest BCUT2D eigenvalue weighted by Gasteiger charge is -2.43. The number of aromatic nitrogens is 1. The molecular formula is C17H25N3O4. The maximum Gasteiger partial charge on any atom is 0.354 e. The molecule has 0 aliphatic heterocycles. The van der Waals surface area contributed by atoms with Gasteiger partial charge in [-0.1, -0.05) is 0 Å². The van der Waals surface area contributed by atoms with Crippen molar-refractivity contribution in [1.29, 1.82) is 0 Å². The molecule has 0 radical (unpaired) electrons. The first-order valence-corrected chi connectivity index (χ1v) is 8.50. The van der Waals surface area contributed by atoms with E-state index in [1.54, 1.807) is 6.07 Å². The second-order valence-corrected chi connectivity index (χ2v) is 6.86. The van der Waals surface area contributed by atoms with E-state index < -0.39 is 5.97 Å². The Morgan fingerprint density at radius 1 is 1.38 bits per heavy atom. The molecule has 2 saturated carbocycles. The summed E-state index contributed by atoms with van der Waals surface area (Å²) in [5.41, 5.74) is 1.40. The predicted octanol–water partition coefficient (Wildman–Crippen LogP) is 1.22. The second-order valence-electron chi connectivity index (χ2n) is 6.86. The summed E-state index contributed by atoms with van der Waals surface area (Å²) in [5, 5.41) is 12.5. The van der Waals surface area contributed by atoms with Crippen LogP contribution in [-0.2, 0) is 16.1 Å². The number of nitrogens with one attached hydrogen (secondary N) is 2. The molecule has 2 aliphatic carbocycles. The van der Waals surface area contributed by atoms with Crippen molar-refractivity contribution < 1.29 is 19.4 Å². The molecule has 0 spiro atoms. The van der Waals surface area contributed by atoms with Crippen LogP contribution in [0.25, 0.3) is 0 Å². The fourth-order valence-electron chi connectivity index (χ4n) is 3.23. The van der Waals surface area contributed by atoms with Crippen molar-refractivity contribution in [2.75, 3.05) is 20.2 Å². The van der Waals surface area contributed by atoms with Gasteiger partial charge in [-0.25, -0.2) is 4.79 Å². The number of aliphatic carboxylic acids is 1. The number of methoxy groups -OCH3 is 1. The van der Waals surface area contributed by atoms with E-state index in [2.05, 4.69) is 19.9 Å². The minimum atomic E-state index is -0.742. The second kappa shape index (κ2) is 7.36. The average Bonchev–Trinajstić information content (AvgIpc) is 3.19. The van der Waals surface area contributed by atoms with Crippen molar-refractivity contribution in [3.63, 3.8) is 0 Å². The number of H-pyrrole nitrogens is 1. The first kappa shape index (κ1) is 17.0. The molecule has 0 atom stereocenters. The Balaban J connectivity index is 1.41. The quantitative estimate of drug-likeness (QED) is 0.587. The molecule has 0 saturated heterocycles. The van der Waals surface area contributed by atoms with Crippen LogP contribution in [0.4, 0.5) is 0 Å². The first-order valence-electron chi connectivity index (χ1n) is 8.50. The van der Waals surface area contributed by atoms with E-state index in [-0.39, 0.29) is 12.5 Å². The predicted molar refractivity (Wildman–Crippen MR) is 87.7 cm³/mol. The van der Waals surface area contributed by atoms with Crippen LogP contribution in [-0.4, -0.2) is 59.2 Å². The van der Waals surface area contributed by atoms with E-state index in [0.29, 0.717) is 30.2 Å². The van der Waals surface area contributed by atoms with Crippen LogP contribution in [0.1, 0.15) is 41.9 Å². The van der Waals surface area contributed by atoms with Gasteiger partial charge in [0.2, 0.25) is 0 Å². The van der Waals surface area contributed by atoms with Gasteiger partial charge >= 0.3 is 11.9 Å². The smallest absolute Gasteiger partial charge is 0.354 e. The molecule has 0 aromatic carbocycles. The lowest BCUT2D eigenvalue weighted by molar-refractivity contribution is -0.139. The largest absolute Gasteiger partial charge is 0.480 e. The number of hydrogen-bond acceptors (Lipinski definition) is 5. The fraction of sp³-hybridized carbons (Fsp3) is 0.647. The Morgan fingerprint density at radius 2 is 2.12 bits per heavy atom. The van der Waals surface area contributed by atoms with E-state index in [0.717, 1.165) is 25.1 Å². The van der Waals surface area contributed by atoms with Gasteiger partial charge in [0, 0.05) is 30.9 Å². The number of aromatic amines is 1. The van der Waals surface area contributed by atoms with Gasteiger partial charge in [0.1, 0.15) is 5.69 Å². The molecule has 132 valence electrons. The number of carboxylic acid groups (broad SMARTS) is 1. The molecule has 2 aliphatic rings. The lowest BCUT2D eigenvalue weighted by Crippen LogP contribution is -2.54. The van der Waals surface area contributed by atoms with E-state index in [1.807, 2.05) is 6.07 Å². The molecule has 7 heteroatoms. The number of nitrogens with zero attached hydrogens (tertiary/aromatic N) is 1. The van der Waals surface area contributed by atoms with Gasteiger partial charge in [-0.2, -0.15) is 0 Å². The SMILES string of the molecule is COC(=O)c1ccc(CNC2CC(N(CC(=O)O)CC3CC3)C2)[nH]1. The Labute approximate surface area is 141 Å². The average molecular weight is 335 g/mol. The van der Waals surface area contributed by atoms with Gasteiger partial charge in [0.25, 0.3) is 0 Å². The monoisotopic (exact) mass is 335 g/mol. The zero-order chi connectivity index (χ0) is 17.1. The first-order chi connectivity index (χ1) is 11.5. The number of carbonyl (C=O) groups is 2. The third-order valence-corrected chi connectivity index (χ3v) is 4.89. The molecule has 0 amide bonds. The highest BCUT2D eigenvalue weighted by molar-refractivity contribution is 5.87. The van der Waals surface area contributed by atoms with Crippen molar-refractivity contribution in [1.82, 2.24) is 15.2 Å². The highest BCUT2D eigenvalue weighted by Crippen LogP contribution is 2.33. The maximum atomic E-state index is 11.4. The number of rotatable bonds is 9. The topological polar surface area (TPSA) is 94.7 Å². The molecule has 24 heavy (non-hydrogen) atoms. The van der Waals surface area contributed by atoms with E-state index in [1.165, 1.54) is 20.0 Å². The molecule has 2 fully saturated rings. The van der Waals surface area contributed by atoms with Crippen LogP contribution in [0, 0.1) is 5.92 Å². The summed E-state index contributed by atoms with van der Waals surface area (Å²) < 4.78 is 4.67. The van der Waals surface area contributed by atoms with Crippen LogP contribution >= 0.6 is 0 Å². The number of ether oxygens (including phenoxy) is 1. The number of carboxylic acids is 1. The van der Waals surface area contributed by atoms with Gasteiger partial charge in [-0.15, -0.1) is 0 Å². The number of hydrogen-bond donors (Lipinski definition) is 3. The summed E-state index contributed by atoms with van der Waals surface area (Å²) in [6, 6.07) is 4.36. The molecule has 1 aromatic heterocycles. The highest BCUT2D eigenvalue weighted by atomic mass is 16.5. The summed E-state index contributed by atoms with van der Waals surface area (Å²) in [5.74, 6) is -0.407. The molecular weight excluding hydrogens is 310 g/mol. The fourth-order valence-corrected chi connectivity index (χ4v) is 3.23. The molecule has 1 heterocycles. The Bertz CT molecular complexity index is 590. The summed E-state index contributed by atoms with van der Waals surface area (Å²) in [7, 11) is 1.36. The Morgan fingerprint density at radius 3 is 2.75 bits per heavy atom. The number of carbonyl (C=O) groups excluding carboxylic acids is 1. The lowest BCUT2D eigenvalue weighted by atomic mass is 9.85. The number of esters is 1. The van der Waals surface area contributed by atoms with Crippen LogP contribution in [0.2, 0.25) is 0 Å². The Kier molecular flexibility index (Phi) is 5.20. The van der Waals surface area contributed by atoms with Gasteiger partial charge < -0.3 is 20.1 Å². The maximum absolute atomic E-state index is 11.4. The van der Waals surface area contributed by atoms with Crippen molar-refractivity contribution >= 4 is 11.9 Å². The van der Waals surface area contributed by atoms with Gasteiger partial charge in [-0.3, -0.25) is 9.69 Å². The molecule has 0 unspecified atom stereocenters. The normalized spacial score (nSPS) is 23.1. The van der Waals surface area contributed by atoms with E-state index in [4.69, 9.17) is 5.11 Å². The van der Waals surface area contributed by atoms with Crippen molar-refractivity contribution in [2.45, 2.75) is 44.3 Å².